The highest BCUT2D eigenvalue weighted by Gasteiger charge is 2.20. The maximum absolute atomic E-state index is 5.76. The van der Waals surface area contributed by atoms with Gasteiger partial charge in [-0.05, 0) is 25.8 Å². The van der Waals surface area contributed by atoms with Crippen molar-refractivity contribution in [3.63, 3.8) is 0 Å². The number of ether oxygens (including phenoxy) is 1. The van der Waals surface area contributed by atoms with Crippen molar-refractivity contribution in [1.29, 1.82) is 0 Å². The van der Waals surface area contributed by atoms with Crippen LogP contribution in [-0.4, -0.2) is 37.2 Å². The van der Waals surface area contributed by atoms with E-state index < -0.39 is 0 Å². The average Bonchev–Trinajstić information content (AvgIpc) is 2.29. The smallest absolute Gasteiger partial charge is 0.0674 e. The number of rotatable bonds is 3. The minimum Gasteiger partial charge on any atom is -0.377 e. The number of hydrogen-bond donors (Lipinski definition) is 0. The standard InChI is InChI=1S/C11H23NO/c1-4-6-11-8-12(5-2)7-10(3)13-9-11/h10-11H,4-9H2,1-3H3. The van der Waals surface area contributed by atoms with Crippen LogP contribution in [0.4, 0.5) is 0 Å². The molecule has 78 valence electrons. The summed E-state index contributed by atoms with van der Waals surface area (Å²) < 4.78 is 5.76. The molecule has 0 saturated carbocycles. The summed E-state index contributed by atoms with van der Waals surface area (Å²) in [6.07, 6.45) is 3.00. The zero-order chi connectivity index (χ0) is 9.68. The van der Waals surface area contributed by atoms with Gasteiger partial charge in [0, 0.05) is 13.1 Å². The Morgan fingerprint density at radius 1 is 1.31 bits per heavy atom. The molecule has 0 radical (unpaired) electrons. The lowest BCUT2D eigenvalue weighted by molar-refractivity contribution is 0.0542. The molecule has 0 amide bonds. The van der Waals surface area contributed by atoms with Crippen molar-refractivity contribution in [2.24, 2.45) is 5.92 Å². The maximum Gasteiger partial charge on any atom is 0.0674 e. The molecule has 0 aromatic rings. The van der Waals surface area contributed by atoms with Crippen molar-refractivity contribution in [3.05, 3.63) is 0 Å². The summed E-state index contributed by atoms with van der Waals surface area (Å²) in [5.41, 5.74) is 0. The number of hydrogen-bond acceptors (Lipinski definition) is 2. The van der Waals surface area contributed by atoms with Gasteiger partial charge >= 0.3 is 0 Å². The molecule has 1 fully saturated rings. The molecule has 1 aliphatic heterocycles. The highest BCUT2D eigenvalue weighted by molar-refractivity contribution is 4.71. The molecule has 0 aliphatic carbocycles. The molecule has 2 nitrogen and oxygen atoms in total. The minimum atomic E-state index is 0.418. The van der Waals surface area contributed by atoms with Gasteiger partial charge in [-0.3, -0.25) is 0 Å². The minimum absolute atomic E-state index is 0.418. The molecule has 1 heterocycles. The second-order valence-electron chi connectivity index (χ2n) is 4.15. The first kappa shape index (κ1) is 11.0. The Balaban J connectivity index is 2.41. The van der Waals surface area contributed by atoms with E-state index in [-0.39, 0.29) is 0 Å². The van der Waals surface area contributed by atoms with Crippen molar-refractivity contribution in [2.75, 3.05) is 26.2 Å². The molecule has 0 spiro atoms. The summed E-state index contributed by atoms with van der Waals surface area (Å²) in [6, 6.07) is 0. The summed E-state index contributed by atoms with van der Waals surface area (Å²) in [5.74, 6) is 0.759. The van der Waals surface area contributed by atoms with Gasteiger partial charge in [0.15, 0.2) is 0 Å². The molecular weight excluding hydrogens is 162 g/mol. The van der Waals surface area contributed by atoms with Crippen LogP contribution in [-0.2, 0) is 4.74 Å². The fraction of sp³-hybridized carbons (Fsp3) is 1.00. The van der Waals surface area contributed by atoms with Gasteiger partial charge in [0.1, 0.15) is 0 Å². The molecule has 1 saturated heterocycles. The molecule has 2 atom stereocenters. The maximum atomic E-state index is 5.76. The van der Waals surface area contributed by atoms with Gasteiger partial charge in [-0.1, -0.05) is 20.3 Å². The molecule has 2 heteroatoms. The van der Waals surface area contributed by atoms with Crippen LogP contribution in [0, 0.1) is 5.92 Å². The van der Waals surface area contributed by atoms with E-state index >= 15 is 0 Å². The largest absolute Gasteiger partial charge is 0.377 e. The van der Waals surface area contributed by atoms with Gasteiger partial charge in [-0.15, -0.1) is 0 Å². The van der Waals surface area contributed by atoms with Crippen LogP contribution >= 0.6 is 0 Å². The van der Waals surface area contributed by atoms with Crippen LogP contribution in [0.3, 0.4) is 0 Å². The van der Waals surface area contributed by atoms with Crippen molar-refractivity contribution in [2.45, 2.75) is 39.7 Å². The fourth-order valence-corrected chi connectivity index (χ4v) is 2.05. The Kier molecular flexibility index (Phi) is 4.74. The van der Waals surface area contributed by atoms with E-state index in [9.17, 15) is 0 Å². The van der Waals surface area contributed by atoms with Gasteiger partial charge < -0.3 is 9.64 Å². The van der Waals surface area contributed by atoms with E-state index in [1.165, 1.54) is 19.4 Å². The normalized spacial score (nSPS) is 31.6. The monoisotopic (exact) mass is 185 g/mol. The summed E-state index contributed by atoms with van der Waals surface area (Å²) in [6.45, 7) is 11.1. The Hall–Kier alpha value is -0.0800. The van der Waals surface area contributed by atoms with Gasteiger partial charge in [0.25, 0.3) is 0 Å². The predicted octanol–water partition coefficient (Wildman–Crippen LogP) is 2.14. The van der Waals surface area contributed by atoms with Crippen molar-refractivity contribution in [3.8, 4) is 0 Å². The average molecular weight is 185 g/mol. The summed E-state index contributed by atoms with van der Waals surface area (Å²) in [5, 5.41) is 0. The Labute approximate surface area is 82.3 Å². The van der Waals surface area contributed by atoms with Crippen LogP contribution in [0.1, 0.15) is 33.6 Å². The first-order valence-electron chi connectivity index (χ1n) is 5.60. The van der Waals surface area contributed by atoms with Gasteiger partial charge in [-0.2, -0.15) is 0 Å². The molecule has 0 N–H and O–H groups in total. The molecule has 13 heavy (non-hydrogen) atoms. The van der Waals surface area contributed by atoms with Crippen LogP contribution in [0.15, 0.2) is 0 Å². The van der Waals surface area contributed by atoms with Crippen LogP contribution in [0.25, 0.3) is 0 Å². The van der Waals surface area contributed by atoms with E-state index in [2.05, 4.69) is 25.7 Å². The third kappa shape index (κ3) is 3.65. The first-order valence-corrected chi connectivity index (χ1v) is 5.60. The zero-order valence-electron chi connectivity index (χ0n) is 9.25. The third-order valence-corrected chi connectivity index (χ3v) is 2.79. The SMILES string of the molecule is CCCC1COC(C)CN(CC)C1. The van der Waals surface area contributed by atoms with Crippen molar-refractivity contribution < 1.29 is 4.74 Å². The summed E-state index contributed by atoms with van der Waals surface area (Å²) in [7, 11) is 0. The lowest BCUT2D eigenvalue weighted by atomic mass is 10.0. The third-order valence-electron chi connectivity index (χ3n) is 2.79. The fourth-order valence-electron chi connectivity index (χ4n) is 2.05. The van der Waals surface area contributed by atoms with E-state index in [0.29, 0.717) is 6.10 Å². The Morgan fingerprint density at radius 3 is 2.69 bits per heavy atom. The van der Waals surface area contributed by atoms with E-state index in [4.69, 9.17) is 4.74 Å². The van der Waals surface area contributed by atoms with Gasteiger partial charge in [0.05, 0.1) is 12.7 Å². The Bertz CT molecular complexity index is 138. The van der Waals surface area contributed by atoms with Gasteiger partial charge in [-0.25, -0.2) is 0 Å². The summed E-state index contributed by atoms with van der Waals surface area (Å²) >= 11 is 0. The lowest BCUT2D eigenvalue weighted by Crippen LogP contribution is -2.31. The van der Waals surface area contributed by atoms with Crippen molar-refractivity contribution >= 4 is 0 Å². The van der Waals surface area contributed by atoms with Crippen LogP contribution < -0.4 is 0 Å². The molecule has 0 aromatic heterocycles. The molecule has 2 unspecified atom stereocenters. The quantitative estimate of drug-likeness (QED) is 0.668. The molecule has 0 bridgehead atoms. The molecule has 1 aliphatic rings. The van der Waals surface area contributed by atoms with Crippen molar-refractivity contribution in [1.82, 2.24) is 4.90 Å². The second-order valence-corrected chi connectivity index (χ2v) is 4.15. The Morgan fingerprint density at radius 2 is 2.08 bits per heavy atom. The van der Waals surface area contributed by atoms with E-state index in [1.54, 1.807) is 0 Å². The lowest BCUT2D eigenvalue weighted by Gasteiger charge is -2.21. The van der Waals surface area contributed by atoms with Gasteiger partial charge in [0.2, 0.25) is 0 Å². The van der Waals surface area contributed by atoms with Crippen LogP contribution in [0.2, 0.25) is 0 Å². The molecule has 0 aromatic carbocycles. The number of likely N-dealkylation sites (N-methyl/N-ethyl adjacent to an activating group) is 1. The van der Waals surface area contributed by atoms with E-state index in [1.807, 2.05) is 0 Å². The topological polar surface area (TPSA) is 12.5 Å². The highest BCUT2D eigenvalue weighted by Crippen LogP contribution is 2.15. The highest BCUT2D eigenvalue weighted by atomic mass is 16.5. The molecule has 1 rings (SSSR count). The second kappa shape index (κ2) is 5.61. The molecular formula is C11H23NO. The first-order chi connectivity index (χ1) is 6.26. The summed E-state index contributed by atoms with van der Waals surface area (Å²) in [4.78, 5) is 2.51. The number of nitrogens with zero attached hydrogens (tertiary/aromatic N) is 1. The van der Waals surface area contributed by atoms with E-state index in [0.717, 1.165) is 25.6 Å². The van der Waals surface area contributed by atoms with Crippen LogP contribution in [0.5, 0.6) is 0 Å². The predicted molar refractivity (Wildman–Crippen MR) is 55.9 cm³/mol. The zero-order valence-corrected chi connectivity index (χ0v) is 9.25.